The van der Waals surface area contributed by atoms with Crippen LogP contribution in [0.1, 0.15) is 12.5 Å². The number of sulfonamides is 1. The summed E-state index contributed by atoms with van der Waals surface area (Å²) in [5.41, 5.74) is 4.15. The first kappa shape index (κ1) is 22.9. The van der Waals surface area contributed by atoms with Gasteiger partial charge < -0.3 is 9.47 Å². The van der Waals surface area contributed by atoms with Gasteiger partial charge in [0, 0.05) is 9.64 Å². The number of nitrogens with zero attached hydrogens (tertiary/aromatic N) is 2. The van der Waals surface area contributed by atoms with Gasteiger partial charge in [-0.05, 0) is 59.3 Å². The largest absolute Gasteiger partial charge is 0.493 e. The molecule has 0 aliphatic heterocycles. The van der Waals surface area contributed by atoms with Gasteiger partial charge in [-0.25, -0.2) is 13.8 Å². The first-order valence-electron chi connectivity index (χ1n) is 8.44. The Morgan fingerprint density at radius 3 is 2.41 bits per heavy atom. The van der Waals surface area contributed by atoms with Crippen molar-refractivity contribution in [2.75, 3.05) is 31.3 Å². The van der Waals surface area contributed by atoms with E-state index < -0.39 is 22.5 Å². The van der Waals surface area contributed by atoms with Crippen LogP contribution in [0.4, 0.5) is 5.69 Å². The van der Waals surface area contributed by atoms with E-state index in [4.69, 9.17) is 9.47 Å². The topological polar surface area (TPSA) is 97.3 Å². The molecule has 0 aliphatic carbocycles. The number of rotatable bonds is 8. The minimum Gasteiger partial charge on any atom is -0.493 e. The Morgan fingerprint density at radius 2 is 1.83 bits per heavy atom. The Morgan fingerprint density at radius 1 is 1.14 bits per heavy atom. The molecule has 0 spiro atoms. The van der Waals surface area contributed by atoms with Crippen molar-refractivity contribution in [3.63, 3.8) is 0 Å². The fourth-order valence-electron chi connectivity index (χ4n) is 2.47. The Balaban J connectivity index is 2.21. The number of methoxy groups -OCH3 is 2. The van der Waals surface area contributed by atoms with Gasteiger partial charge in [0.25, 0.3) is 5.91 Å². The minimum atomic E-state index is -3.73. The molecule has 8 nitrogen and oxygen atoms in total. The third-order valence-electron chi connectivity index (χ3n) is 3.93. The molecule has 2 rings (SSSR count). The molecule has 2 aromatic rings. The zero-order chi connectivity index (χ0) is 21.6. The van der Waals surface area contributed by atoms with Gasteiger partial charge in [0.05, 0.1) is 31.9 Å². The van der Waals surface area contributed by atoms with Crippen LogP contribution < -0.4 is 19.2 Å². The average molecular weight is 531 g/mol. The van der Waals surface area contributed by atoms with Crippen LogP contribution in [0.25, 0.3) is 0 Å². The lowest BCUT2D eigenvalue weighted by Crippen LogP contribution is -2.39. The summed E-state index contributed by atoms with van der Waals surface area (Å²) < 4.78 is 36.9. The highest BCUT2D eigenvalue weighted by molar-refractivity contribution is 14.1. The first-order chi connectivity index (χ1) is 13.7. The van der Waals surface area contributed by atoms with Crippen LogP contribution in [0.3, 0.4) is 0 Å². The van der Waals surface area contributed by atoms with Crippen molar-refractivity contribution in [2.45, 2.75) is 6.92 Å². The van der Waals surface area contributed by atoms with Crippen LogP contribution in [0.15, 0.2) is 47.6 Å². The molecule has 0 atom stereocenters. The lowest BCUT2D eigenvalue weighted by molar-refractivity contribution is -0.119. The average Bonchev–Trinajstić information content (AvgIpc) is 2.68. The number of amides is 1. The van der Waals surface area contributed by atoms with Crippen molar-refractivity contribution in [3.8, 4) is 11.5 Å². The number of carbonyl (C=O) groups is 1. The van der Waals surface area contributed by atoms with Gasteiger partial charge in [0.15, 0.2) is 11.5 Å². The highest BCUT2D eigenvalue weighted by Crippen LogP contribution is 2.32. The lowest BCUT2D eigenvalue weighted by Gasteiger charge is -2.22. The maximum absolute atomic E-state index is 12.4. The molecule has 156 valence electrons. The van der Waals surface area contributed by atoms with E-state index in [1.54, 1.807) is 13.0 Å². The van der Waals surface area contributed by atoms with Crippen molar-refractivity contribution in [2.24, 2.45) is 5.10 Å². The normalized spacial score (nSPS) is 11.7. The maximum Gasteiger partial charge on any atom is 0.260 e. The number of hydrazone groups is 1. The van der Waals surface area contributed by atoms with Crippen LogP contribution in [-0.2, 0) is 14.8 Å². The molecular weight excluding hydrogens is 509 g/mol. The molecule has 0 aromatic heterocycles. The van der Waals surface area contributed by atoms with Gasteiger partial charge in [0.2, 0.25) is 10.0 Å². The summed E-state index contributed by atoms with van der Waals surface area (Å²) in [6.07, 6.45) is 1.03. The quantitative estimate of drug-likeness (QED) is 0.321. The Labute approximate surface area is 184 Å². The molecule has 10 heteroatoms. The second-order valence-electron chi connectivity index (χ2n) is 6.05. The van der Waals surface area contributed by atoms with E-state index in [9.17, 15) is 13.2 Å². The molecule has 0 saturated carbocycles. The van der Waals surface area contributed by atoms with Crippen LogP contribution in [-0.4, -0.2) is 47.1 Å². The second kappa shape index (κ2) is 9.92. The molecule has 0 fully saturated rings. The predicted molar refractivity (Wildman–Crippen MR) is 121 cm³/mol. The molecule has 0 radical (unpaired) electrons. The molecule has 0 heterocycles. The van der Waals surface area contributed by atoms with Crippen LogP contribution in [0, 0.1) is 3.57 Å². The summed E-state index contributed by atoms with van der Waals surface area (Å²) in [5.74, 6) is 0.230. The molecule has 2 aromatic carbocycles. The molecule has 0 unspecified atom stereocenters. The van der Waals surface area contributed by atoms with Gasteiger partial charge in [-0.2, -0.15) is 5.10 Å². The number of anilines is 1. The number of ether oxygens (including phenoxy) is 2. The van der Waals surface area contributed by atoms with E-state index in [0.29, 0.717) is 17.2 Å². The molecule has 0 aliphatic rings. The van der Waals surface area contributed by atoms with E-state index >= 15 is 0 Å². The summed E-state index contributed by atoms with van der Waals surface area (Å²) in [6, 6.07) is 12.2. The summed E-state index contributed by atoms with van der Waals surface area (Å²) in [7, 11) is -0.802. The van der Waals surface area contributed by atoms with Crippen molar-refractivity contribution < 1.29 is 22.7 Å². The van der Waals surface area contributed by atoms with Gasteiger partial charge in [-0.3, -0.25) is 9.10 Å². The van der Waals surface area contributed by atoms with Crippen LogP contribution in [0.5, 0.6) is 11.5 Å². The maximum atomic E-state index is 12.4. The Hall–Kier alpha value is -2.34. The molecule has 0 saturated heterocycles. The highest BCUT2D eigenvalue weighted by atomic mass is 127. The number of benzene rings is 2. The van der Waals surface area contributed by atoms with Crippen molar-refractivity contribution in [1.29, 1.82) is 0 Å². The monoisotopic (exact) mass is 531 g/mol. The zero-order valence-corrected chi connectivity index (χ0v) is 19.4. The third-order valence-corrected chi connectivity index (χ3v) is 5.74. The number of nitrogens with one attached hydrogen (secondary N) is 1. The summed E-state index contributed by atoms with van der Waals surface area (Å²) in [6.45, 7) is 1.33. The van der Waals surface area contributed by atoms with Crippen LogP contribution in [0.2, 0.25) is 0 Å². The zero-order valence-electron chi connectivity index (χ0n) is 16.5. The number of hydrogen-bond donors (Lipinski definition) is 1. The standard InChI is InChI=1S/C19H22IN3O5S/c1-13(14-6-5-7-15(20)10-14)21-22-19(24)12-23(29(4,25)26)16-8-9-17(27-2)18(11-16)28-3/h5-11H,12H2,1-4H3,(H,22,24)/b21-13-. The van der Waals surface area contributed by atoms with Gasteiger partial charge >= 0.3 is 0 Å². The smallest absolute Gasteiger partial charge is 0.260 e. The Bertz CT molecular complexity index is 1020. The van der Waals surface area contributed by atoms with E-state index in [-0.39, 0.29) is 5.69 Å². The third kappa shape index (κ3) is 6.32. The van der Waals surface area contributed by atoms with E-state index in [0.717, 1.165) is 19.7 Å². The molecule has 0 bridgehead atoms. The van der Waals surface area contributed by atoms with Gasteiger partial charge in [0.1, 0.15) is 6.54 Å². The van der Waals surface area contributed by atoms with Crippen molar-refractivity contribution in [3.05, 3.63) is 51.6 Å². The fourth-order valence-corrected chi connectivity index (χ4v) is 3.86. The van der Waals surface area contributed by atoms with Crippen molar-refractivity contribution >= 4 is 49.9 Å². The van der Waals surface area contributed by atoms with Crippen LogP contribution >= 0.6 is 22.6 Å². The highest BCUT2D eigenvalue weighted by Gasteiger charge is 2.22. The van der Waals surface area contributed by atoms with E-state index in [1.807, 2.05) is 24.3 Å². The van der Waals surface area contributed by atoms with Gasteiger partial charge in [-0.1, -0.05) is 12.1 Å². The van der Waals surface area contributed by atoms with E-state index in [1.165, 1.54) is 26.4 Å². The molecule has 1 N–H and O–H groups in total. The number of hydrogen-bond acceptors (Lipinski definition) is 6. The van der Waals surface area contributed by atoms with Gasteiger partial charge in [-0.15, -0.1) is 0 Å². The van der Waals surface area contributed by atoms with E-state index in [2.05, 4.69) is 33.1 Å². The summed E-state index contributed by atoms with van der Waals surface area (Å²) in [5, 5.41) is 4.07. The number of carbonyl (C=O) groups excluding carboxylic acids is 1. The minimum absolute atomic E-state index is 0.276. The summed E-state index contributed by atoms with van der Waals surface area (Å²) in [4.78, 5) is 12.4. The Kier molecular flexibility index (Phi) is 7.85. The number of halogens is 1. The molecule has 29 heavy (non-hydrogen) atoms. The fraction of sp³-hybridized carbons (Fsp3) is 0.263. The second-order valence-corrected chi connectivity index (χ2v) is 9.20. The lowest BCUT2D eigenvalue weighted by atomic mass is 10.1. The van der Waals surface area contributed by atoms with Crippen molar-refractivity contribution in [1.82, 2.24) is 5.43 Å². The molecule has 1 amide bonds. The summed E-state index contributed by atoms with van der Waals surface area (Å²) >= 11 is 2.19. The molecular formula is C19H22IN3O5S. The SMILES string of the molecule is COc1ccc(N(CC(=O)N/N=C(/C)c2cccc(I)c2)S(C)(=O)=O)cc1OC. The first-order valence-corrected chi connectivity index (χ1v) is 11.4. The predicted octanol–water partition coefficient (Wildman–Crippen LogP) is 2.61.